The number of aromatic nitrogens is 1. The van der Waals surface area contributed by atoms with Gasteiger partial charge in [0, 0.05) is 30.2 Å². The molecule has 3 N–H and O–H groups in total. The molecule has 0 unspecified atom stereocenters. The fourth-order valence-electron chi connectivity index (χ4n) is 2.43. The molecule has 1 heterocycles. The highest BCUT2D eigenvalue weighted by Gasteiger charge is 2.14. The molecule has 8 heteroatoms. The number of carbonyl (C=O) groups excluding carboxylic acids is 2. The molecular formula is C20H16F2N4O2. The van der Waals surface area contributed by atoms with Crippen molar-refractivity contribution in [1.82, 2.24) is 4.98 Å². The SMILES string of the molecule is CC(=O)Nc1ccc(Nc2ccnc(C(=O)Nc3c(F)cccc3F)c2)cc1. The number of nitrogens with zero attached hydrogens (tertiary/aromatic N) is 1. The van der Waals surface area contributed by atoms with Gasteiger partial charge in [0.1, 0.15) is 23.0 Å². The van der Waals surface area contributed by atoms with Crippen molar-refractivity contribution < 1.29 is 18.4 Å². The van der Waals surface area contributed by atoms with E-state index in [1.54, 1.807) is 30.3 Å². The zero-order chi connectivity index (χ0) is 20.1. The maximum Gasteiger partial charge on any atom is 0.274 e. The largest absolute Gasteiger partial charge is 0.355 e. The normalized spacial score (nSPS) is 10.2. The first-order valence-corrected chi connectivity index (χ1v) is 8.28. The van der Waals surface area contributed by atoms with Gasteiger partial charge in [-0.3, -0.25) is 14.6 Å². The van der Waals surface area contributed by atoms with Gasteiger partial charge in [0.2, 0.25) is 5.91 Å². The van der Waals surface area contributed by atoms with Crippen molar-refractivity contribution in [3.05, 3.63) is 78.1 Å². The summed E-state index contributed by atoms with van der Waals surface area (Å²) in [5.41, 5.74) is 1.39. The minimum atomic E-state index is -0.873. The lowest BCUT2D eigenvalue weighted by molar-refractivity contribution is -0.114. The van der Waals surface area contributed by atoms with Gasteiger partial charge >= 0.3 is 0 Å². The molecule has 0 fully saturated rings. The minimum Gasteiger partial charge on any atom is -0.355 e. The van der Waals surface area contributed by atoms with Crippen LogP contribution in [0.1, 0.15) is 17.4 Å². The Balaban J connectivity index is 1.73. The van der Waals surface area contributed by atoms with Crippen LogP contribution in [0.2, 0.25) is 0 Å². The number of pyridine rings is 1. The number of anilines is 4. The van der Waals surface area contributed by atoms with Crippen LogP contribution in [-0.2, 0) is 4.79 Å². The minimum absolute atomic E-state index is 0.0116. The lowest BCUT2D eigenvalue weighted by Gasteiger charge is -2.10. The molecule has 0 bridgehead atoms. The predicted octanol–water partition coefficient (Wildman–Crippen LogP) is 4.31. The van der Waals surface area contributed by atoms with Gasteiger partial charge in [-0.25, -0.2) is 8.78 Å². The molecule has 0 aliphatic rings. The second-order valence-electron chi connectivity index (χ2n) is 5.86. The number of halogens is 2. The van der Waals surface area contributed by atoms with Gasteiger partial charge in [-0.1, -0.05) is 6.07 Å². The Morgan fingerprint density at radius 2 is 1.50 bits per heavy atom. The summed E-state index contributed by atoms with van der Waals surface area (Å²) in [5, 5.41) is 7.94. The molecule has 142 valence electrons. The Morgan fingerprint density at radius 1 is 0.857 bits per heavy atom. The summed E-state index contributed by atoms with van der Waals surface area (Å²) in [5.74, 6) is -2.66. The first kappa shape index (κ1) is 19.0. The molecule has 2 aromatic carbocycles. The van der Waals surface area contributed by atoms with E-state index >= 15 is 0 Å². The van der Waals surface area contributed by atoms with Gasteiger partial charge in [0.25, 0.3) is 5.91 Å². The number of nitrogens with one attached hydrogen (secondary N) is 3. The van der Waals surface area contributed by atoms with E-state index in [4.69, 9.17) is 0 Å². The number of hydrogen-bond donors (Lipinski definition) is 3. The first-order valence-electron chi connectivity index (χ1n) is 8.28. The summed E-state index contributed by atoms with van der Waals surface area (Å²) in [6.45, 7) is 1.42. The van der Waals surface area contributed by atoms with E-state index in [0.29, 0.717) is 17.1 Å². The Morgan fingerprint density at radius 3 is 2.14 bits per heavy atom. The summed E-state index contributed by atoms with van der Waals surface area (Å²) in [7, 11) is 0. The lowest BCUT2D eigenvalue weighted by atomic mass is 10.2. The highest BCUT2D eigenvalue weighted by atomic mass is 19.1. The average Bonchev–Trinajstić information content (AvgIpc) is 2.66. The van der Waals surface area contributed by atoms with Crippen LogP contribution < -0.4 is 16.0 Å². The number of hydrogen-bond acceptors (Lipinski definition) is 4. The third-order valence-electron chi connectivity index (χ3n) is 3.69. The highest BCUT2D eigenvalue weighted by molar-refractivity contribution is 6.03. The number of benzene rings is 2. The molecule has 0 saturated carbocycles. The fraction of sp³-hybridized carbons (Fsp3) is 0.0500. The van der Waals surface area contributed by atoms with Crippen molar-refractivity contribution in [2.45, 2.75) is 6.92 Å². The Hall–Kier alpha value is -3.81. The van der Waals surface area contributed by atoms with Crippen molar-refractivity contribution in [2.24, 2.45) is 0 Å². The van der Waals surface area contributed by atoms with E-state index < -0.39 is 23.2 Å². The number of para-hydroxylation sites is 1. The van der Waals surface area contributed by atoms with Gasteiger partial charge in [-0.2, -0.15) is 0 Å². The van der Waals surface area contributed by atoms with E-state index in [1.165, 1.54) is 25.3 Å². The molecule has 2 amide bonds. The van der Waals surface area contributed by atoms with Crippen LogP contribution in [0.25, 0.3) is 0 Å². The molecule has 3 rings (SSSR count). The van der Waals surface area contributed by atoms with Crippen molar-refractivity contribution in [3.8, 4) is 0 Å². The Bertz CT molecular complexity index is 1000. The highest BCUT2D eigenvalue weighted by Crippen LogP contribution is 2.21. The first-order chi connectivity index (χ1) is 13.4. The van der Waals surface area contributed by atoms with Crippen molar-refractivity contribution in [2.75, 3.05) is 16.0 Å². The summed E-state index contributed by atoms with van der Waals surface area (Å²) >= 11 is 0. The standard InChI is InChI=1S/C20H16F2N4O2/c1-12(27)24-13-5-7-14(8-6-13)25-15-9-10-23-18(11-15)20(28)26-19-16(21)3-2-4-17(19)22/h2-11H,1H3,(H,23,25)(H,24,27)(H,26,28). The average molecular weight is 382 g/mol. The molecule has 28 heavy (non-hydrogen) atoms. The second-order valence-corrected chi connectivity index (χ2v) is 5.86. The number of amides is 2. The topological polar surface area (TPSA) is 83.1 Å². The fourth-order valence-corrected chi connectivity index (χ4v) is 2.43. The Kier molecular flexibility index (Phi) is 5.59. The smallest absolute Gasteiger partial charge is 0.274 e. The van der Waals surface area contributed by atoms with Crippen LogP contribution in [0.5, 0.6) is 0 Å². The summed E-state index contributed by atoms with van der Waals surface area (Å²) in [4.78, 5) is 27.3. The molecule has 0 radical (unpaired) electrons. The van der Waals surface area contributed by atoms with Crippen LogP contribution in [-0.4, -0.2) is 16.8 Å². The van der Waals surface area contributed by atoms with E-state index in [2.05, 4.69) is 20.9 Å². The van der Waals surface area contributed by atoms with Gasteiger partial charge in [0.15, 0.2) is 0 Å². The molecule has 6 nitrogen and oxygen atoms in total. The zero-order valence-corrected chi connectivity index (χ0v) is 14.8. The molecule has 0 saturated heterocycles. The summed E-state index contributed by atoms with van der Waals surface area (Å²) < 4.78 is 27.4. The van der Waals surface area contributed by atoms with Crippen LogP contribution >= 0.6 is 0 Å². The second kappa shape index (κ2) is 8.26. The molecule has 0 atom stereocenters. The maximum atomic E-state index is 13.7. The van der Waals surface area contributed by atoms with Crippen molar-refractivity contribution in [1.29, 1.82) is 0 Å². The summed E-state index contributed by atoms with van der Waals surface area (Å²) in [6, 6.07) is 13.3. The molecule has 0 spiro atoms. The van der Waals surface area contributed by atoms with Gasteiger partial charge in [0.05, 0.1) is 0 Å². The van der Waals surface area contributed by atoms with E-state index in [1.807, 2.05) is 0 Å². The van der Waals surface area contributed by atoms with Crippen LogP contribution in [0, 0.1) is 11.6 Å². The van der Waals surface area contributed by atoms with E-state index in [0.717, 1.165) is 12.1 Å². The predicted molar refractivity (Wildman–Crippen MR) is 103 cm³/mol. The number of carbonyl (C=O) groups is 2. The molecule has 3 aromatic rings. The number of rotatable bonds is 5. The van der Waals surface area contributed by atoms with Gasteiger partial charge < -0.3 is 16.0 Å². The van der Waals surface area contributed by atoms with Gasteiger partial charge in [-0.15, -0.1) is 0 Å². The van der Waals surface area contributed by atoms with Gasteiger partial charge in [-0.05, 0) is 48.5 Å². The van der Waals surface area contributed by atoms with Crippen LogP contribution in [0.15, 0.2) is 60.8 Å². The molecule has 1 aromatic heterocycles. The zero-order valence-electron chi connectivity index (χ0n) is 14.8. The lowest BCUT2D eigenvalue weighted by Crippen LogP contribution is -2.16. The molecule has 0 aliphatic carbocycles. The third kappa shape index (κ3) is 4.67. The Labute approximate surface area is 159 Å². The molecule has 0 aliphatic heterocycles. The van der Waals surface area contributed by atoms with Crippen molar-refractivity contribution >= 4 is 34.6 Å². The monoisotopic (exact) mass is 382 g/mol. The third-order valence-corrected chi connectivity index (χ3v) is 3.69. The van der Waals surface area contributed by atoms with Crippen LogP contribution in [0.4, 0.5) is 31.5 Å². The van der Waals surface area contributed by atoms with Crippen LogP contribution in [0.3, 0.4) is 0 Å². The van der Waals surface area contributed by atoms with E-state index in [-0.39, 0.29) is 11.6 Å². The van der Waals surface area contributed by atoms with E-state index in [9.17, 15) is 18.4 Å². The van der Waals surface area contributed by atoms with Crippen molar-refractivity contribution in [3.63, 3.8) is 0 Å². The maximum absolute atomic E-state index is 13.7. The quantitative estimate of drug-likeness (QED) is 0.614. The molecular weight excluding hydrogens is 366 g/mol. The summed E-state index contributed by atoms with van der Waals surface area (Å²) in [6.07, 6.45) is 1.40.